The highest BCUT2D eigenvalue weighted by Gasteiger charge is 2.28. The van der Waals surface area contributed by atoms with E-state index in [1.165, 1.54) is 21.1 Å². The Morgan fingerprint density at radius 2 is 1.77 bits per heavy atom. The predicted molar refractivity (Wildman–Crippen MR) is 44.8 cm³/mol. The van der Waals surface area contributed by atoms with Gasteiger partial charge < -0.3 is 9.47 Å². The number of carbonyl (C=O) groups excluding carboxylic acids is 2. The number of ketones is 2. The van der Waals surface area contributed by atoms with Gasteiger partial charge in [0.05, 0.1) is 15.6 Å². The molecular formula is C9H10O4. The van der Waals surface area contributed by atoms with E-state index >= 15 is 0 Å². The monoisotopic (exact) mass is 183 g/mol. The Kier molecular flexibility index (Phi) is 2.12. The SMILES string of the molecule is [2H]C1=C(C)C(=O)C(OC)=C(OC)C1=O. The van der Waals surface area contributed by atoms with Gasteiger partial charge in [-0.1, -0.05) is 0 Å². The van der Waals surface area contributed by atoms with Crippen LogP contribution >= 0.6 is 0 Å². The van der Waals surface area contributed by atoms with Gasteiger partial charge in [0.15, 0.2) is 0 Å². The molecule has 70 valence electrons. The molecule has 0 heterocycles. The van der Waals surface area contributed by atoms with Crippen LogP contribution < -0.4 is 0 Å². The van der Waals surface area contributed by atoms with Crippen molar-refractivity contribution in [3.8, 4) is 0 Å². The van der Waals surface area contributed by atoms with E-state index in [-0.39, 0.29) is 23.1 Å². The Morgan fingerprint density at radius 1 is 1.23 bits per heavy atom. The van der Waals surface area contributed by atoms with Crippen LogP contribution in [-0.2, 0) is 19.1 Å². The molecule has 1 rings (SSSR count). The number of allylic oxidation sites excluding steroid dienone is 2. The Balaban J connectivity index is 3.31. The van der Waals surface area contributed by atoms with Crippen LogP contribution in [0.15, 0.2) is 23.1 Å². The molecule has 4 nitrogen and oxygen atoms in total. The summed E-state index contributed by atoms with van der Waals surface area (Å²) >= 11 is 0. The van der Waals surface area contributed by atoms with E-state index in [0.29, 0.717) is 0 Å². The van der Waals surface area contributed by atoms with Gasteiger partial charge in [-0.15, -0.1) is 0 Å². The van der Waals surface area contributed by atoms with Crippen LogP contribution in [0.1, 0.15) is 8.29 Å². The van der Waals surface area contributed by atoms with Crippen molar-refractivity contribution in [3.63, 3.8) is 0 Å². The van der Waals surface area contributed by atoms with Gasteiger partial charge in [0.1, 0.15) is 0 Å². The molecule has 13 heavy (non-hydrogen) atoms. The van der Waals surface area contributed by atoms with Crippen LogP contribution in [0.3, 0.4) is 0 Å². The summed E-state index contributed by atoms with van der Waals surface area (Å²) in [6.07, 6.45) is 0. The van der Waals surface area contributed by atoms with Crippen LogP contribution in [0.4, 0.5) is 0 Å². The predicted octanol–water partition coefficient (Wildman–Crippen LogP) is 0.589. The van der Waals surface area contributed by atoms with Crippen molar-refractivity contribution >= 4 is 11.6 Å². The van der Waals surface area contributed by atoms with E-state index in [1.807, 2.05) is 0 Å². The van der Waals surface area contributed by atoms with Crippen molar-refractivity contribution in [1.82, 2.24) is 0 Å². The fraction of sp³-hybridized carbons (Fsp3) is 0.333. The molecule has 4 heteroatoms. The Bertz CT molecular complexity index is 331. The summed E-state index contributed by atoms with van der Waals surface area (Å²) in [7, 11) is 2.54. The zero-order valence-corrected chi connectivity index (χ0v) is 7.63. The van der Waals surface area contributed by atoms with Crippen molar-refractivity contribution in [1.29, 1.82) is 0 Å². The summed E-state index contributed by atoms with van der Waals surface area (Å²) in [4.78, 5) is 22.9. The third-order valence-electron chi connectivity index (χ3n) is 1.67. The van der Waals surface area contributed by atoms with Crippen LogP contribution in [0, 0.1) is 0 Å². The lowest BCUT2D eigenvalue weighted by Gasteiger charge is -2.14. The number of hydrogen-bond donors (Lipinski definition) is 0. The number of ether oxygens (including phenoxy) is 2. The Labute approximate surface area is 77.2 Å². The molecule has 0 fully saturated rings. The number of rotatable bonds is 2. The lowest BCUT2D eigenvalue weighted by molar-refractivity contribution is -0.120. The highest BCUT2D eigenvalue weighted by molar-refractivity contribution is 6.20. The minimum Gasteiger partial charge on any atom is -0.490 e. The van der Waals surface area contributed by atoms with Gasteiger partial charge in [-0.05, 0) is 13.0 Å². The molecule has 0 aromatic rings. The third-order valence-corrected chi connectivity index (χ3v) is 1.67. The summed E-state index contributed by atoms with van der Waals surface area (Å²) in [6.45, 7) is 1.41. The second-order valence-electron chi connectivity index (χ2n) is 2.47. The van der Waals surface area contributed by atoms with Crippen molar-refractivity contribution < 1.29 is 20.4 Å². The minimum atomic E-state index is -0.624. The van der Waals surface area contributed by atoms with E-state index in [4.69, 9.17) is 10.8 Å². The van der Waals surface area contributed by atoms with Crippen LogP contribution in [0.2, 0.25) is 0 Å². The van der Waals surface area contributed by atoms with Gasteiger partial charge in [-0.3, -0.25) is 9.59 Å². The zero-order chi connectivity index (χ0) is 10.9. The van der Waals surface area contributed by atoms with Crippen LogP contribution in [0.25, 0.3) is 0 Å². The Hall–Kier alpha value is -1.58. The van der Waals surface area contributed by atoms with E-state index in [9.17, 15) is 9.59 Å². The van der Waals surface area contributed by atoms with Crippen LogP contribution in [-0.4, -0.2) is 25.8 Å². The standard InChI is InChI=1S/C9H10O4/c1-5-4-6(10)8(12-2)9(13-3)7(5)11/h4H,1-3H3/i4D. The van der Waals surface area contributed by atoms with Crippen LogP contribution in [0.5, 0.6) is 0 Å². The van der Waals surface area contributed by atoms with Gasteiger partial charge in [0.25, 0.3) is 0 Å². The molecule has 0 radical (unpaired) electrons. The lowest BCUT2D eigenvalue weighted by Crippen LogP contribution is -2.20. The summed E-state index contributed by atoms with van der Waals surface area (Å²) in [6, 6.07) is -0.340. The second kappa shape index (κ2) is 3.43. The maximum Gasteiger partial charge on any atom is 0.227 e. The maximum atomic E-state index is 11.5. The molecule has 0 saturated carbocycles. The molecule has 0 aliphatic heterocycles. The average molecular weight is 183 g/mol. The summed E-state index contributed by atoms with van der Waals surface area (Å²) < 4.78 is 16.8. The summed E-state index contributed by atoms with van der Waals surface area (Å²) in [5.41, 5.74) is 0.0765. The molecule has 0 bridgehead atoms. The molecule has 0 atom stereocenters. The smallest absolute Gasteiger partial charge is 0.227 e. The molecule has 0 aromatic carbocycles. The largest absolute Gasteiger partial charge is 0.490 e. The lowest BCUT2D eigenvalue weighted by atomic mass is 10.0. The van der Waals surface area contributed by atoms with Crippen molar-refractivity contribution in [2.24, 2.45) is 0 Å². The van der Waals surface area contributed by atoms with E-state index < -0.39 is 11.6 Å². The van der Waals surface area contributed by atoms with Gasteiger partial charge in [-0.2, -0.15) is 0 Å². The quantitative estimate of drug-likeness (QED) is 0.588. The Morgan fingerprint density at radius 3 is 2.23 bits per heavy atom. The number of Topliss-reactive ketones (excluding diaryl/α,β-unsaturated/α-hetero) is 1. The molecule has 0 amide bonds. The van der Waals surface area contributed by atoms with E-state index in [0.717, 1.165) is 0 Å². The van der Waals surface area contributed by atoms with Gasteiger partial charge >= 0.3 is 0 Å². The molecule has 1 aliphatic carbocycles. The van der Waals surface area contributed by atoms with Gasteiger partial charge in [0, 0.05) is 5.57 Å². The molecule has 0 N–H and O–H groups in total. The van der Waals surface area contributed by atoms with Gasteiger partial charge in [-0.25, -0.2) is 0 Å². The fourth-order valence-corrected chi connectivity index (χ4v) is 1.03. The molecule has 0 saturated heterocycles. The minimum absolute atomic E-state index is 0.0765. The summed E-state index contributed by atoms with van der Waals surface area (Å²) in [5, 5.41) is 0. The van der Waals surface area contributed by atoms with Crippen molar-refractivity contribution in [2.45, 2.75) is 6.92 Å². The first kappa shape index (κ1) is 8.04. The number of carbonyl (C=O) groups is 2. The first-order valence-corrected chi connectivity index (χ1v) is 3.63. The van der Waals surface area contributed by atoms with Crippen molar-refractivity contribution in [3.05, 3.63) is 23.1 Å². The number of hydrogen-bond acceptors (Lipinski definition) is 4. The highest BCUT2D eigenvalue weighted by Crippen LogP contribution is 2.19. The second-order valence-corrected chi connectivity index (χ2v) is 2.47. The average Bonchev–Trinajstić information content (AvgIpc) is 2.20. The summed E-state index contributed by atoms with van der Waals surface area (Å²) in [5.74, 6) is -1.44. The zero-order valence-electron chi connectivity index (χ0n) is 8.63. The van der Waals surface area contributed by atoms with Gasteiger partial charge in [0.2, 0.25) is 23.1 Å². The highest BCUT2D eigenvalue weighted by atomic mass is 16.5. The van der Waals surface area contributed by atoms with E-state index in [1.54, 1.807) is 0 Å². The van der Waals surface area contributed by atoms with Crippen molar-refractivity contribution in [2.75, 3.05) is 14.2 Å². The maximum absolute atomic E-state index is 11.5. The first-order chi connectivity index (χ1) is 6.54. The first-order valence-electron chi connectivity index (χ1n) is 4.13. The molecule has 1 aliphatic rings. The molecule has 0 spiro atoms. The normalized spacial score (nSPS) is 19.2. The molecular weight excluding hydrogens is 172 g/mol. The molecule has 0 unspecified atom stereocenters. The molecule has 0 aromatic heterocycles. The number of methoxy groups -OCH3 is 2. The van der Waals surface area contributed by atoms with E-state index in [2.05, 4.69) is 0 Å². The fourth-order valence-electron chi connectivity index (χ4n) is 1.03. The topological polar surface area (TPSA) is 52.6 Å². The third kappa shape index (κ3) is 1.47.